The second-order valence-electron chi connectivity index (χ2n) is 11.3. The molecule has 0 aromatic carbocycles. The Morgan fingerprint density at radius 3 is 2.31 bits per heavy atom. The molecule has 0 bridgehead atoms. The first-order valence-corrected chi connectivity index (χ1v) is 14.1. The smallest absolute Gasteiger partial charge is 0.246 e. The van der Waals surface area contributed by atoms with E-state index in [1.165, 1.54) is 0 Å². The fourth-order valence-corrected chi connectivity index (χ4v) is 5.93. The van der Waals surface area contributed by atoms with Gasteiger partial charge in [-0.2, -0.15) is 0 Å². The van der Waals surface area contributed by atoms with E-state index in [2.05, 4.69) is 0 Å². The molecular weight excluding hydrogens is 518 g/mol. The van der Waals surface area contributed by atoms with Gasteiger partial charge in [-0.3, -0.25) is 4.79 Å². The van der Waals surface area contributed by atoms with Gasteiger partial charge in [0.15, 0.2) is 12.6 Å². The van der Waals surface area contributed by atoms with Gasteiger partial charge in [-0.05, 0) is 38.5 Å². The Balaban J connectivity index is 1.54. The van der Waals surface area contributed by atoms with Gasteiger partial charge in [0.1, 0.15) is 48.8 Å². The lowest BCUT2D eigenvalue weighted by Crippen LogP contribution is -2.63. The Morgan fingerprint density at radius 2 is 1.59 bits per heavy atom. The second-order valence-corrected chi connectivity index (χ2v) is 11.3. The molecule has 0 aromatic rings. The van der Waals surface area contributed by atoms with E-state index in [9.17, 15) is 30.3 Å². The molecule has 13 heteroatoms. The Hall–Kier alpha value is -0.970. The summed E-state index contributed by atoms with van der Waals surface area (Å²) in [5.41, 5.74) is 5.58. The van der Waals surface area contributed by atoms with Crippen LogP contribution in [-0.4, -0.2) is 124 Å². The van der Waals surface area contributed by atoms with Crippen molar-refractivity contribution < 1.29 is 58.7 Å². The van der Waals surface area contributed by atoms with Crippen molar-refractivity contribution in [2.45, 2.75) is 139 Å². The van der Waals surface area contributed by atoms with Crippen LogP contribution in [-0.2, 0) is 33.2 Å². The van der Waals surface area contributed by atoms with Gasteiger partial charge in [0.2, 0.25) is 5.91 Å². The molecule has 7 N–H and O–H groups in total. The summed E-state index contributed by atoms with van der Waals surface area (Å²) in [4.78, 5) is 12.1. The van der Waals surface area contributed by atoms with Crippen LogP contribution in [0.25, 0.3) is 0 Å². The Kier molecular flexibility index (Phi) is 11.0. The van der Waals surface area contributed by atoms with Crippen LogP contribution in [0, 0.1) is 5.92 Å². The average molecular weight is 564 g/mol. The first-order valence-electron chi connectivity index (χ1n) is 14.1. The SMILES string of the molecule is CC1O[C@@H](OC2[C@H](C)CCC[C@H]2O[C@@H]2OC(CO)[C@H](O)C3O[C@@H](C(N)=O)CCCCCOC32)[C@@H](O)C(O)[C@@H]1O. The van der Waals surface area contributed by atoms with Crippen molar-refractivity contribution in [3.63, 3.8) is 0 Å². The molecular formula is C26H45NO12. The summed E-state index contributed by atoms with van der Waals surface area (Å²) in [6.07, 6.45) is -8.70. The van der Waals surface area contributed by atoms with Crippen molar-refractivity contribution in [1.82, 2.24) is 0 Å². The van der Waals surface area contributed by atoms with Crippen LogP contribution >= 0.6 is 0 Å². The average Bonchev–Trinajstić information content (AvgIpc) is 2.91. The largest absolute Gasteiger partial charge is 0.394 e. The Morgan fingerprint density at radius 1 is 0.821 bits per heavy atom. The second kappa shape index (κ2) is 13.8. The van der Waals surface area contributed by atoms with Crippen molar-refractivity contribution in [3.8, 4) is 0 Å². The quantitative estimate of drug-likeness (QED) is 0.223. The number of rotatable bonds is 6. The number of aliphatic hydroxyl groups excluding tert-OH is 5. The zero-order valence-electron chi connectivity index (χ0n) is 22.6. The summed E-state index contributed by atoms with van der Waals surface area (Å²) >= 11 is 0. The molecule has 0 radical (unpaired) electrons. The predicted molar refractivity (Wildman–Crippen MR) is 133 cm³/mol. The molecule has 0 spiro atoms. The first kappa shape index (κ1) is 31.0. The van der Waals surface area contributed by atoms with Crippen molar-refractivity contribution in [3.05, 3.63) is 0 Å². The van der Waals surface area contributed by atoms with Crippen LogP contribution in [0.2, 0.25) is 0 Å². The highest BCUT2D eigenvalue weighted by Gasteiger charge is 2.51. The van der Waals surface area contributed by atoms with Gasteiger partial charge in [0.25, 0.3) is 0 Å². The third-order valence-electron chi connectivity index (χ3n) is 8.34. The lowest BCUT2D eigenvalue weighted by molar-refractivity contribution is -0.352. The molecule has 0 aromatic heterocycles. The first-order chi connectivity index (χ1) is 18.6. The van der Waals surface area contributed by atoms with Gasteiger partial charge < -0.3 is 59.7 Å². The summed E-state index contributed by atoms with van der Waals surface area (Å²) in [5.74, 6) is -0.661. The third-order valence-corrected chi connectivity index (χ3v) is 8.34. The lowest BCUT2D eigenvalue weighted by atomic mass is 9.85. The topological polar surface area (TPSA) is 200 Å². The van der Waals surface area contributed by atoms with Gasteiger partial charge in [-0.1, -0.05) is 26.2 Å². The molecule has 1 saturated carbocycles. The molecule has 3 aliphatic heterocycles. The van der Waals surface area contributed by atoms with E-state index in [1.54, 1.807) is 6.92 Å². The summed E-state index contributed by atoms with van der Waals surface area (Å²) in [6, 6.07) is 0. The summed E-state index contributed by atoms with van der Waals surface area (Å²) < 4.78 is 36.4. The fraction of sp³-hybridized carbons (Fsp3) is 0.962. The van der Waals surface area contributed by atoms with Gasteiger partial charge in [0, 0.05) is 6.61 Å². The van der Waals surface area contributed by atoms with Gasteiger partial charge in [-0.15, -0.1) is 0 Å². The molecule has 226 valence electrons. The number of amides is 1. The van der Waals surface area contributed by atoms with Gasteiger partial charge in [0.05, 0.1) is 24.9 Å². The summed E-state index contributed by atoms with van der Waals surface area (Å²) in [7, 11) is 0. The summed E-state index contributed by atoms with van der Waals surface area (Å²) in [6.45, 7) is 3.40. The minimum absolute atomic E-state index is 0.0158. The number of ether oxygens (including phenoxy) is 6. The Labute approximate surface area is 228 Å². The highest BCUT2D eigenvalue weighted by molar-refractivity contribution is 5.78. The minimum Gasteiger partial charge on any atom is -0.394 e. The van der Waals surface area contributed by atoms with E-state index in [0.29, 0.717) is 25.9 Å². The maximum atomic E-state index is 12.1. The molecule has 13 nitrogen and oxygen atoms in total. The molecule has 4 fully saturated rings. The van der Waals surface area contributed by atoms with Gasteiger partial charge in [-0.25, -0.2) is 0 Å². The Bertz CT molecular complexity index is 790. The predicted octanol–water partition coefficient (Wildman–Crippen LogP) is -1.32. The van der Waals surface area contributed by atoms with E-state index in [1.807, 2.05) is 6.92 Å². The molecule has 4 rings (SSSR count). The number of aliphatic hydroxyl groups is 5. The highest BCUT2D eigenvalue weighted by atomic mass is 16.7. The van der Waals surface area contributed by atoms with Crippen LogP contribution in [0.15, 0.2) is 0 Å². The maximum absolute atomic E-state index is 12.1. The number of nitrogens with two attached hydrogens (primary N) is 1. The van der Waals surface area contributed by atoms with Crippen LogP contribution in [0.5, 0.6) is 0 Å². The zero-order chi connectivity index (χ0) is 28.3. The number of carbonyl (C=O) groups excluding carboxylic acids is 1. The van der Waals surface area contributed by atoms with Crippen LogP contribution in [0.4, 0.5) is 0 Å². The van der Waals surface area contributed by atoms with E-state index in [-0.39, 0.29) is 5.92 Å². The lowest BCUT2D eigenvalue weighted by Gasteiger charge is -2.48. The van der Waals surface area contributed by atoms with E-state index >= 15 is 0 Å². The minimum atomic E-state index is -1.46. The molecule has 3 heterocycles. The number of fused-ring (bicyclic) bond motifs is 1. The molecule has 39 heavy (non-hydrogen) atoms. The normalized spacial score (nSPS) is 48.2. The summed E-state index contributed by atoms with van der Waals surface area (Å²) in [5, 5.41) is 51.7. The molecule has 6 unspecified atom stereocenters. The monoisotopic (exact) mass is 563 g/mol. The van der Waals surface area contributed by atoms with Crippen molar-refractivity contribution in [1.29, 1.82) is 0 Å². The zero-order valence-corrected chi connectivity index (χ0v) is 22.6. The van der Waals surface area contributed by atoms with E-state index < -0.39 is 92.2 Å². The number of primary amides is 1. The maximum Gasteiger partial charge on any atom is 0.246 e. The third kappa shape index (κ3) is 7.09. The number of carbonyl (C=O) groups is 1. The molecule has 3 saturated heterocycles. The van der Waals surface area contributed by atoms with Crippen LogP contribution in [0.1, 0.15) is 58.8 Å². The van der Waals surface area contributed by atoms with E-state index in [0.717, 1.165) is 25.7 Å². The highest BCUT2D eigenvalue weighted by Crippen LogP contribution is 2.36. The van der Waals surface area contributed by atoms with Crippen molar-refractivity contribution in [2.75, 3.05) is 13.2 Å². The molecule has 1 aliphatic carbocycles. The van der Waals surface area contributed by atoms with Crippen molar-refractivity contribution >= 4 is 5.91 Å². The number of hydrogen-bond acceptors (Lipinski definition) is 12. The molecule has 14 atom stereocenters. The van der Waals surface area contributed by atoms with Crippen LogP contribution < -0.4 is 5.73 Å². The number of hydrogen-bond donors (Lipinski definition) is 6. The standard InChI is InChI=1S/C26H45NO12/c1-12-7-6-9-14(21(12)39-25-20(32)19(31)17(29)13(2)35-25)37-26-23-22(18(30)16(11-28)38-26)36-15(24(27)33)8-4-3-5-10-34-23/h12-23,25-26,28-32H,3-11H2,1-2H3,(H2,27,33)/t12-,13?,14-,15-,16?,17-,18+,19?,20+,21?,22?,23?,25+,26-/m1/s1. The molecule has 1 amide bonds. The van der Waals surface area contributed by atoms with E-state index in [4.69, 9.17) is 34.2 Å². The van der Waals surface area contributed by atoms with Crippen LogP contribution in [0.3, 0.4) is 0 Å². The fourth-order valence-electron chi connectivity index (χ4n) is 5.93. The molecule has 4 aliphatic rings. The van der Waals surface area contributed by atoms with Gasteiger partial charge >= 0.3 is 0 Å². The van der Waals surface area contributed by atoms with Crippen molar-refractivity contribution in [2.24, 2.45) is 11.7 Å².